The Morgan fingerprint density at radius 3 is 2.82 bits per heavy atom. The molecule has 1 unspecified atom stereocenters. The van der Waals surface area contributed by atoms with E-state index in [1.165, 1.54) is 0 Å². The van der Waals surface area contributed by atoms with Crippen LogP contribution in [0.2, 0.25) is 0 Å². The zero-order valence-corrected chi connectivity index (χ0v) is 10.8. The van der Waals surface area contributed by atoms with Crippen LogP contribution < -0.4 is 10.6 Å². The molecule has 2 N–H and O–H groups in total. The fraction of sp³-hybridized carbons (Fsp3) is 0.833. The van der Waals surface area contributed by atoms with Crippen LogP contribution in [0, 0.1) is 0 Å². The van der Waals surface area contributed by atoms with Gasteiger partial charge in [-0.3, -0.25) is 9.59 Å². The van der Waals surface area contributed by atoms with Crippen molar-refractivity contribution in [2.45, 2.75) is 38.6 Å². The second-order valence-corrected chi connectivity index (χ2v) is 4.49. The number of nitrogens with one attached hydrogen (secondary N) is 2. The van der Waals surface area contributed by atoms with Crippen molar-refractivity contribution in [3.8, 4) is 0 Å². The molecule has 0 aromatic heterocycles. The van der Waals surface area contributed by atoms with Crippen molar-refractivity contribution in [1.82, 2.24) is 15.5 Å². The van der Waals surface area contributed by atoms with Crippen LogP contribution in [-0.4, -0.2) is 49.4 Å². The van der Waals surface area contributed by atoms with E-state index in [0.29, 0.717) is 12.5 Å². The number of likely N-dealkylation sites (tertiary alicyclic amines) is 1. The average molecular weight is 241 g/mol. The second kappa shape index (κ2) is 7.27. The van der Waals surface area contributed by atoms with Gasteiger partial charge < -0.3 is 15.5 Å². The quantitative estimate of drug-likeness (QED) is 0.718. The zero-order valence-electron chi connectivity index (χ0n) is 10.8. The first-order valence-electron chi connectivity index (χ1n) is 6.39. The molecular formula is C12H23N3O2. The highest BCUT2D eigenvalue weighted by atomic mass is 16.2. The summed E-state index contributed by atoms with van der Waals surface area (Å²) < 4.78 is 0. The zero-order chi connectivity index (χ0) is 12.7. The van der Waals surface area contributed by atoms with Gasteiger partial charge in [-0.1, -0.05) is 6.92 Å². The lowest BCUT2D eigenvalue weighted by atomic mass is 10.1. The number of hydrogen-bond donors (Lipinski definition) is 2. The van der Waals surface area contributed by atoms with Gasteiger partial charge in [-0.25, -0.2) is 0 Å². The lowest BCUT2D eigenvalue weighted by molar-refractivity contribution is -0.134. The van der Waals surface area contributed by atoms with Crippen molar-refractivity contribution < 1.29 is 9.59 Å². The van der Waals surface area contributed by atoms with Crippen LogP contribution in [-0.2, 0) is 9.59 Å². The molecule has 0 radical (unpaired) electrons. The largest absolute Gasteiger partial charge is 0.347 e. The second-order valence-electron chi connectivity index (χ2n) is 4.49. The predicted molar refractivity (Wildman–Crippen MR) is 66.6 cm³/mol. The summed E-state index contributed by atoms with van der Waals surface area (Å²) in [6, 6.07) is 0.388. The molecule has 0 aliphatic carbocycles. The normalized spacial score (nSPS) is 20.1. The number of piperidine rings is 1. The summed E-state index contributed by atoms with van der Waals surface area (Å²) in [5, 5.41) is 5.86. The van der Waals surface area contributed by atoms with E-state index in [2.05, 4.69) is 10.6 Å². The van der Waals surface area contributed by atoms with Crippen LogP contribution in [0.15, 0.2) is 0 Å². The van der Waals surface area contributed by atoms with E-state index in [9.17, 15) is 9.59 Å². The van der Waals surface area contributed by atoms with E-state index in [0.717, 1.165) is 32.4 Å². The number of rotatable bonds is 5. The van der Waals surface area contributed by atoms with Crippen molar-refractivity contribution in [3.05, 3.63) is 0 Å². The molecule has 17 heavy (non-hydrogen) atoms. The molecule has 1 rings (SSSR count). The minimum Gasteiger partial charge on any atom is -0.347 e. The summed E-state index contributed by atoms with van der Waals surface area (Å²) in [7, 11) is 1.92. The molecule has 0 spiro atoms. The molecule has 98 valence electrons. The number of carbonyl (C=O) groups is 2. The third-order valence-corrected chi connectivity index (χ3v) is 3.10. The highest BCUT2D eigenvalue weighted by molar-refractivity contribution is 5.84. The van der Waals surface area contributed by atoms with E-state index in [1.54, 1.807) is 0 Å². The van der Waals surface area contributed by atoms with Crippen molar-refractivity contribution in [3.63, 3.8) is 0 Å². The van der Waals surface area contributed by atoms with Gasteiger partial charge in [0.15, 0.2) is 0 Å². The Labute approximate surface area is 103 Å². The molecular weight excluding hydrogens is 218 g/mol. The van der Waals surface area contributed by atoms with Gasteiger partial charge in [-0.05, 0) is 26.3 Å². The molecule has 5 nitrogen and oxygen atoms in total. The Morgan fingerprint density at radius 1 is 1.41 bits per heavy atom. The Bertz CT molecular complexity index is 268. The molecule has 1 heterocycles. The molecule has 0 aromatic carbocycles. The van der Waals surface area contributed by atoms with Crippen LogP contribution in [0.25, 0.3) is 0 Å². The van der Waals surface area contributed by atoms with Crippen LogP contribution in [0.1, 0.15) is 32.6 Å². The maximum Gasteiger partial charge on any atom is 0.242 e. The molecule has 1 atom stereocenters. The van der Waals surface area contributed by atoms with E-state index in [1.807, 2.05) is 18.9 Å². The van der Waals surface area contributed by atoms with Crippen LogP contribution >= 0.6 is 0 Å². The lowest BCUT2D eigenvalue weighted by Gasteiger charge is -2.32. The Balaban J connectivity index is 2.29. The number of hydrogen-bond acceptors (Lipinski definition) is 3. The van der Waals surface area contributed by atoms with E-state index in [-0.39, 0.29) is 18.4 Å². The van der Waals surface area contributed by atoms with Crippen LogP contribution in [0.3, 0.4) is 0 Å². The molecule has 1 fully saturated rings. The molecule has 1 saturated heterocycles. The molecule has 0 saturated carbocycles. The molecule has 1 aliphatic rings. The molecule has 5 heteroatoms. The first kappa shape index (κ1) is 14.0. The SMILES string of the molecule is CCCC(=O)NCC(=O)N1CCCC(NC)C1. The van der Waals surface area contributed by atoms with Crippen molar-refractivity contribution in [2.75, 3.05) is 26.7 Å². The van der Waals surface area contributed by atoms with Crippen molar-refractivity contribution >= 4 is 11.8 Å². The topological polar surface area (TPSA) is 61.4 Å². The number of carbonyl (C=O) groups excluding carboxylic acids is 2. The Hall–Kier alpha value is -1.10. The molecule has 1 aliphatic heterocycles. The third kappa shape index (κ3) is 4.73. The Kier molecular flexibility index (Phi) is 5.97. The van der Waals surface area contributed by atoms with Gasteiger partial charge in [0.05, 0.1) is 6.54 Å². The molecule has 2 amide bonds. The fourth-order valence-electron chi connectivity index (χ4n) is 2.04. The molecule has 0 bridgehead atoms. The number of likely N-dealkylation sites (N-methyl/N-ethyl adjacent to an activating group) is 1. The summed E-state index contributed by atoms with van der Waals surface area (Å²) in [6.45, 7) is 3.64. The highest BCUT2D eigenvalue weighted by Crippen LogP contribution is 2.09. The fourth-order valence-corrected chi connectivity index (χ4v) is 2.04. The Morgan fingerprint density at radius 2 is 2.18 bits per heavy atom. The smallest absolute Gasteiger partial charge is 0.242 e. The standard InChI is InChI=1S/C12H23N3O2/c1-3-5-11(16)14-8-12(17)15-7-4-6-10(9-15)13-2/h10,13H,3-9H2,1-2H3,(H,14,16). The first-order valence-corrected chi connectivity index (χ1v) is 6.39. The van der Waals surface area contributed by atoms with E-state index < -0.39 is 0 Å². The van der Waals surface area contributed by atoms with E-state index >= 15 is 0 Å². The van der Waals surface area contributed by atoms with Gasteiger partial charge in [0.1, 0.15) is 0 Å². The van der Waals surface area contributed by atoms with Crippen molar-refractivity contribution in [2.24, 2.45) is 0 Å². The number of amides is 2. The van der Waals surface area contributed by atoms with Crippen LogP contribution in [0.5, 0.6) is 0 Å². The van der Waals surface area contributed by atoms with Gasteiger partial charge >= 0.3 is 0 Å². The monoisotopic (exact) mass is 241 g/mol. The molecule has 0 aromatic rings. The summed E-state index contributed by atoms with van der Waals surface area (Å²) in [5.41, 5.74) is 0. The van der Waals surface area contributed by atoms with Gasteiger partial charge in [0.25, 0.3) is 0 Å². The van der Waals surface area contributed by atoms with Crippen molar-refractivity contribution in [1.29, 1.82) is 0 Å². The number of nitrogens with zero attached hydrogens (tertiary/aromatic N) is 1. The minimum absolute atomic E-state index is 0.0226. The van der Waals surface area contributed by atoms with Gasteiger partial charge in [-0.15, -0.1) is 0 Å². The maximum atomic E-state index is 11.9. The first-order chi connectivity index (χ1) is 8.17. The van der Waals surface area contributed by atoms with Gasteiger partial charge in [0.2, 0.25) is 11.8 Å². The maximum absolute atomic E-state index is 11.9. The third-order valence-electron chi connectivity index (χ3n) is 3.10. The highest BCUT2D eigenvalue weighted by Gasteiger charge is 2.22. The lowest BCUT2D eigenvalue weighted by Crippen LogP contribution is -2.49. The predicted octanol–water partition coefficient (Wildman–Crippen LogP) is 0.113. The average Bonchev–Trinajstić information content (AvgIpc) is 2.36. The van der Waals surface area contributed by atoms with Gasteiger partial charge in [-0.2, -0.15) is 0 Å². The minimum atomic E-state index is -0.0389. The summed E-state index contributed by atoms with van der Waals surface area (Å²) in [6.07, 6.45) is 3.45. The summed E-state index contributed by atoms with van der Waals surface area (Å²) in [5.74, 6) is -0.0163. The van der Waals surface area contributed by atoms with E-state index in [4.69, 9.17) is 0 Å². The van der Waals surface area contributed by atoms with Gasteiger partial charge in [0, 0.05) is 25.6 Å². The summed E-state index contributed by atoms with van der Waals surface area (Å²) >= 11 is 0. The summed E-state index contributed by atoms with van der Waals surface area (Å²) in [4.78, 5) is 24.9. The van der Waals surface area contributed by atoms with Crippen LogP contribution in [0.4, 0.5) is 0 Å².